The average molecular weight is 204 g/mol. The van der Waals surface area contributed by atoms with Gasteiger partial charge in [0.05, 0.1) is 6.10 Å². The van der Waals surface area contributed by atoms with Gasteiger partial charge in [0.1, 0.15) is 5.78 Å². The predicted octanol–water partition coefficient (Wildman–Crippen LogP) is 2.67. The van der Waals surface area contributed by atoms with Crippen molar-refractivity contribution in [3.05, 3.63) is 35.4 Å². The Hall–Kier alpha value is -1.15. The highest BCUT2D eigenvalue weighted by molar-refractivity contribution is 5.78. The van der Waals surface area contributed by atoms with Crippen molar-refractivity contribution in [3.8, 4) is 0 Å². The summed E-state index contributed by atoms with van der Waals surface area (Å²) in [6.07, 6.45) is 3.08. The Morgan fingerprint density at radius 2 is 2.13 bits per heavy atom. The second kappa shape index (κ2) is 4.58. The Kier molecular flexibility index (Phi) is 3.17. The molecular formula is C13H16O2. The number of ketones is 1. The molecule has 0 saturated carbocycles. The molecule has 0 amide bonds. The van der Waals surface area contributed by atoms with Gasteiger partial charge in [-0.25, -0.2) is 0 Å². The summed E-state index contributed by atoms with van der Waals surface area (Å²) in [6, 6.07) is 8.21. The van der Waals surface area contributed by atoms with Crippen molar-refractivity contribution in [2.45, 2.75) is 32.3 Å². The zero-order chi connectivity index (χ0) is 10.7. The van der Waals surface area contributed by atoms with Crippen LogP contribution in [0.15, 0.2) is 24.3 Å². The third kappa shape index (κ3) is 2.66. The van der Waals surface area contributed by atoms with Gasteiger partial charge in [-0.05, 0) is 30.9 Å². The summed E-state index contributed by atoms with van der Waals surface area (Å²) in [6.45, 7) is 2.49. The van der Waals surface area contributed by atoms with Gasteiger partial charge in [-0.15, -0.1) is 0 Å². The zero-order valence-electron chi connectivity index (χ0n) is 9.03. The molecule has 1 atom stereocenters. The SMILES string of the molecule is CC(=O)Cc1ccc(C2CCCO2)cc1. The molecule has 0 aliphatic carbocycles. The highest BCUT2D eigenvalue weighted by atomic mass is 16.5. The number of ether oxygens (including phenoxy) is 1. The summed E-state index contributed by atoms with van der Waals surface area (Å²) in [7, 11) is 0. The van der Waals surface area contributed by atoms with Gasteiger partial charge < -0.3 is 4.74 Å². The van der Waals surface area contributed by atoms with Gasteiger partial charge in [0, 0.05) is 13.0 Å². The first-order valence-corrected chi connectivity index (χ1v) is 5.45. The van der Waals surface area contributed by atoms with E-state index in [0.717, 1.165) is 25.0 Å². The van der Waals surface area contributed by atoms with Crippen molar-refractivity contribution in [3.63, 3.8) is 0 Å². The lowest BCUT2D eigenvalue weighted by Crippen LogP contribution is -1.98. The highest BCUT2D eigenvalue weighted by Gasteiger charge is 2.17. The third-order valence-corrected chi connectivity index (χ3v) is 2.73. The molecule has 1 aromatic rings. The summed E-state index contributed by atoms with van der Waals surface area (Å²) in [5.41, 5.74) is 2.32. The summed E-state index contributed by atoms with van der Waals surface area (Å²) in [5.74, 6) is 0.208. The second-order valence-electron chi connectivity index (χ2n) is 4.12. The van der Waals surface area contributed by atoms with Gasteiger partial charge in [-0.2, -0.15) is 0 Å². The molecule has 2 rings (SSSR count). The first-order valence-electron chi connectivity index (χ1n) is 5.45. The highest BCUT2D eigenvalue weighted by Crippen LogP contribution is 2.28. The van der Waals surface area contributed by atoms with E-state index >= 15 is 0 Å². The number of rotatable bonds is 3. The standard InChI is InChI=1S/C13H16O2/c1-10(14)9-11-4-6-12(7-5-11)13-3-2-8-15-13/h4-7,13H,2-3,8-9H2,1H3. The number of benzene rings is 1. The van der Waals surface area contributed by atoms with Gasteiger partial charge in [-0.1, -0.05) is 24.3 Å². The third-order valence-electron chi connectivity index (χ3n) is 2.73. The molecule has 2 heteroatoms. The average Bonchev–Trinajstić information content (AvgIpc) is 2.71. The van der Waals surface area contributed by atoms with Gasteiger partial charge in [0.15, 0.2) is 0 Å². The Morgan fingerprint density at radius 3 is 2.67 bits per heavy atom. The van der Waals surface area contributed by atoms with E-state index in [9.17, 15) is 4.79 Å². The van der Waals surface area contributed by atoms with Crippen LogP contribution in [-0.2, 0) is 16.0 Å². The van der Waals surface area contributed by atoms with Crippen LogP contribution >= 0.6 is 0 Å². The Bertz CT molecular complexity index is 334. The van der Waals surface area contributed by atoms with E-state index < -0.39 is 0 Å². The van der Waals surface area contributed by atoms with Crippen LogP contribution < -0.4 is 0 Å². The van der Waals surface area contributed by atoms with Crippen LogP contribution in [0.25, 0.3) is 0 Å². The number of Topliss-reactive ketones (excluding diaryl/α,β-unsaturated/α-hetero) is 1. The first kappa shape index (κ1) is 10.4. The molecule has 0 radical (unpaired) electrons. The molecule has 2 nitrogen and oxygen atoms in total. The summed E-state index contributed by atoms with van der Waals surface area (Å²) in [4.78, 5) is 10.9. The summed E-state index contributed by atoms with van der Waals surface area (Å²) >= 11 is 0. The van der Waals surface area contributed by atoms with Crippen molar-refractivity contribution in [1.82, 2.24) is 0 Å². The van der Waals surface area contributed by atoms with Gasteiger partial charge in [0.25, 0.3) is 0 Å². The normalized spacial score (nSPS) is 20.5. The van der Waals surface area contributed by atoms with Crippen molar-refractivity contribution in [1.29, 1.82) is 0 Å². The maximum Gasteiger partial charge on any atom is 0.134 e. The topological polar surface area (TPSA) is 26.3 Å². The van der Waals surface area contributed by atoms with Crippen LogP contribution in [0.4, 0.5) is 0 Å². The fraction of sp³-hybridized carbons (Fsp3) is 0.462. The van der Waals surface area contributed by atoms with E-state index in [1.807, 2.05) is 12.1 Å². The van der Waals surface area contributed by atoms with E-state index in [0.29, 0.717) is 6.42 Å². The smallest absolute Gasteiger partial charge is 0.134 e. The number of hydrogen-bond acceptors (Lipinski definition) is 2. The van der Waals surface area contributed by atoms with Gasteiger partial charge in [0.2, 0.25) is 0 Å². The van der Waals surface area contributed by atoms with E-state index in [4.69, 9.17) is 4.74 Å². The molecule has 1 unspecified atom stereocenters. The summed E-state index contributed by atoms with van der Waals surface area (Å²) < 4.78 is 5.59. The first-order chi connectivity index (χ1) is 7.25. The lowest BCUT2D eigenvalue weighted by molar-refractivity contribution is -0.116. The maximum atomic E-state index is 10.9. The van der Waals surface area contributed by atoms with E-state index in [1.54, 1.807) is 6.92 Å². The minimum absolute atomic E-state index is 0.208. The predicted molar refractivity (Wildman–Crippen MR) is 58.8 cm³/mol. The molecule has 1 saturated heterocycles. The molecule has 80 valence electrons. The molecule has 0 aromatic heterocycles. The van der Waals surface area contributed by atoms with E-state index in [2.05, 4.69) is 12.1 Å². The van der Waals surface area contributed by atoms with E-state index in [1.165, 1.54) is 5.56 Å². The maximum absolute atomic E-state index is 10.9. The zero-order valence-corrected chi connectivity index (χ0v) is 9.03. The van der Waals surface area contributed by atoms with Crippen molar-refractivity contribution in [2.75, 3.05) is 6.61 Å². The minimum atomic E-state index is 0.208. The quantitative estimate of drug-likeness (QED) is 0.756. The molecule has 0 spiro atoms. The fourth-order valence-electron chi connectivity index (χ4n) is 1.98. The fourth-order valence-corrected chi connectivity index (χ4v) is 1.98. The van der Waals surface area contributed by atoms with Gasteiger partial charge >= 0.3 is 0 Å². The van der Waals surface area contributed by atoms with Crippen molar-refractivity contribution in [2.24, 2.45) is 0 Å². The molecule has 1 aliphatic rings. The van der Waals surface area contributed by atoms with Crippen LogP contribution in [0.1, 0.15) is 37.0 Å². The van der Waals surface area contributed by atoms with Crippen LogP contribution in [0, 0.1) is 0 Å². The van der Waals surface area contributed by atoms with Crippen molar-refractivity contribution >= 4 is 5.78 Å². The largest absolute Gasteiger partial charge is 0.374 e. The molecule has 0 bridgehead atoms. The second-order valence-corrected chi connectivity index (χ2v) is 4.12. The van der Waals surface area contributed by atoms with Crippen LogP contribution in [-0.4, -0.2) is 12.4 Å². The lowest BCUT2D eigenvalue weighted by atomic mass is 10.0. The lowest BCUT2D eigenvalue weighted by Gasteiger charge is -2.09. The summed E-state index contributed by atoms with van der Waals surface area (Å²) in [5, 5.41) is 0. The van der Waals surface area contributed by atoms with Crippen molar-refractivity contribution < 1.29 is 9.53 Å². The van der Waals surface area contributed by atoms with E-state index in [-0.39, 0.29) is 11.9 Å². The molecule has 15 heavy (non-hydrogen) atoms. The Morgan fingerprint density at radius 1 is 1.40 bits per heavy atom. The number of carbonyl (C=O) groups is 1. The molecule has 1 fully saturated rings. The number of carbonyl (C=O) groups excluding carboxylic acids is 1. The molecule has 1 aromatic carbocycles. The Labute approximate surface area is 90.3 Å². The van der Waals surface area contributed by atoms with Crippen LogP contribution in [0.2, 0.25) is 0 Å². The molecule has 1 heterocycles. The Balaban J connectivity index is 2.06. The minimum Gasteiger partial charge on any atom is -0.374 e. The van der Waals surface area contributed by atoms with Crippen LogP contribution in [0.3, 0.4) is 0 Å². The van der Waals surface area contributed by atoms with Crippen LogP contribution in [0.5, 0.6) is 0 Å². The molecule has 0 N–H and O–H groups in total. The van der Waals surface area contributed by atoms with Gasteiger partial charge in [-0.3, -0.25) is 4.79 Å². The molecule has 1 aliphatic heterocycles. The monoisotopic (exact) mass is 204 g/mol. The molecular weight excluding hydrogens is 188 g/mol. The number of hydrogen-bond donors (Lipinski definition) is 0.